The van der Waals surface area contributed by atoms with Gasteiger partial charge in [-0.2, -0.15) is 4.72 Å². The van der Waals surface area contributed by atoms with E-state index in [0.717, 1.165) is 12.8 Å². The quantitative estimate of drug-likeness (QED) is 0.767. The van der Waals surface area contributed by atoms with Gasteiger partial charge in [0.05, 0.1) is 10.4 Å². The molecule has 1 aliphatic heterocycles. The Labute approximate surface area is 170 Å². The third-order valence-corrected chi connectivity index (χ3v) is 6.81. The van der Waals surface area contributed by atoms with Gasteiger partial charge in [-0.3, -0.25) is 9.36 Å². The van der Waals surface area contributed by atoms with Gasteiger partial charge in [-0.15, -0.1) is 0 Å². The van der Waals surface area contributed by atoms with E-state index >= 15 is 0 Å². The molecule has 0 radical (unpaired) electrons. The van der Waals surface area contributed by atoms with Crippen LogP contribution in [0.15, 0.2) is 32.3 Å². The average Bonchev–Trinajstić information content (AvgIpc) is 2.93. The molecule has 0 spiro atoms. The normalized spacial score (nSPS) is 19.1. The van der Waals surface area contributed by atoms with Gasteiger partial charge in [0, 0.05) is 26.2 Å². The summed E-state index contributed by atoms with van der Waals surface area (Å²) >= 11 is 0. The number of fused-ring (bicyclic) bond motifs is 1. The average molecular weight is 424 g/mol. The summed E-state index contributed by atoms with van der Waals surface area (Å²) in [6.07, 6.45) is 2.41. The number of rotatable bonds is 6. The fourth-order valence-electron chi connectivity index (χ4n) is 3.82. The van der Waals surface area contributed by atoms with E-state index in [-0.39, 0.29) is 22.3 Å². The zero-order valence-corrected chi connectivity index (χ0v) is 18.2. The molecule has 29 heavy (non-hydrogen) atoms. The Kier molecular flexibility index (Phi) is 6.19. The lowest BCUT2D eigenvalue weighted by Crippen LogP contribution is -2.51. The van der Waals surface area contributed by atoms with Gasteiger partial charge in [0.1, 0.15) is 6.04 Å². The van der Waals surface area contributed by atoms with E-state index in [9.17, 15) is 18.0 Å². The van der Waals surface area contributed by atoms with Gasteiger partial charge in [0.25, 0.3) is 0 Å². The van der Waals surface area contributed by atoms with Gasteiger partial charge in [0.2, 0.25) is 15.9 Å². The van der Waals surface area contributed by atoms with Gasteiger partial charge in [-0.05, 0) is 43.2 Å². The summed E-state index contributed by atoms with van der Waals surface area (Å²) in [5.74, 6) is -0.188. The lowest BCUT2D eigenvalue weighted by atomic mass is 9.98. The predicted molar refractivity (Wildman–Crippen MR) is 110 cm³/mol. The molecular formula is C20H29N3O5S. The second-order valence-electron chi connectivity index (χ2n) is 8.39. The van der Waals surface area contributed by atoms with Crippen LogP contribution in [-0.2, 0) is 21.9 Å². The monoisotopic (exact) mass is 423 g/mol. The molecule has 0 aliphatic carbocycles. The van der Waals surface area contributed by atoms with Gasteiger partial charge < -0.3 is 9.32 Å². The number of carbonyl (C=O) groups is 1. The number of amides is 1. The van der Waals surface area contributed by atoms with Crippen LogP contribution in [0.3, 0.4) is 0 Å². The maximum atomic E-state index is 13.1. The number of oxazole rings is 1. The van der Waals surface area contributed by atoms with Crippen molar-refractivity contribution >= 4 is 27.0 Å². The Morgan fingerprint density at radius 2 is 2.07 bits per heavy atom. The van der Waals surface area contributed by atoms with Crippen molar-refractivity contribution in [3.05, 3.63) is 28.7 Å². The van der Waals surface area contributed by atoms with E-state index in [0.29, 0.717) is 30.9 Å². The number of hydrogen-bond donors (Lipinski definition) is 1. The van der Waals surface area contributed by atoms with E-state index in [1.807, 2.05) is 13.8 Å². The van der Waals surface area contributed by atoms with Crippen LogP contribution in [0.4, 0.5) is 0 Å². The number of hydrogen-bond acceptors (Lipinski definition) is 5. The van der Waals surface area contributed by atoms with Crippen molar-refractivity contribution in [2.75, 3.05) is 13.1 Å². The van der Waals surface area contributed by atoms with Crippen molar-refractivity contribution < 1.29 is 17.6 Å². The van der Waals surface area contributed by atoms with Crippen LogP contribution in [0.5, 0.6) is 0 Å². The summed E-state index contributed by atoms with van der Waals surface area (Å²) in [6.45, 7) is 7.32. The van der Waals surface area contributed by atoms with Crippen molar-refractivity contribution in [3.63, 3.8) is 0 Å². The van der Waals surface area contributed by atoms with E-state index in [2.05, 4.69) is 11.6 Å². The molecular weight excluding hydrogens is 394 g/mol. The summed E-state index contributed by atoms with van der Waals surface area (Å²) in [4.78, 5) is 26.5. The SMILES string of the molecule is CC(C)CC(NS(=O)(=O)c1ccc2c(c1)oc(=O)n2C)C(=O)N1CCCC(C)C1. The summed E-state index contributed by atoms with van der Waals surface area (Å²) < 4.78 is 35.0. The molecule has 1 N–H and O–H groups in total. The first-order chi connectivity index (χ1) is 13.6. The van der Waals surface area contributed by atoms with E-state index < -0.39 is 21.8 Å². The van der Waals surface area contributed by atoms with Crippen LogP contribution >= 0.6 is 0 Å². The maximum Gasteiger partial charge on any atom is 0.419 e. The zero-order chi connectivity index (χ0) is 21.3. The molecule has 1 amide bonds. The zero-order valence-electron chi connectivity index (χ0n) is 17.3. The van der Waals surface area contributed by atoms with Crippen LogP contribution in [0.1, 0.15) is 40.0 Å². The van der Waals surface area contributed by atoms with Crippen LogP contribution in [0, 0.1) is 11.8 Å². The number of sulfonamides is 1. The summed E-state index contributed by atoms with van der Waals surface area (Å²) in [7, 11) is -2.41. The van der Waals surface area contributed by atoms with E-state index in [4.69, 9.17) is 4.42 Å². The molecule has 160 valence electrons. The number of carbonyl (C=O) groups excluding carboxylic acids is 1. The number of nitrogens with zero attached hydrogens (tertiary/aromatic N) is 2. The standard InChI is InChI=1S/C20H29N3O5S/c1-13(2)10-16(19(24)23-9-5-6-14(3)12-23)21-29(26,27)15-7-8-17-18(11-15)28-20(25)22(17)4/h7-8,11,13-14,16,21H,5-6,9-10,12H2,1-4H3. The first kappa shape index (κ1) is 21.6. The second-order valence-corrected chi connectivity index (χ2v) is 10.1. The second kappa shape index (κ2) is 8.31. The van der Waals surface area contributed by atoms with Crippen LogP contribution in [0.25, 0.3) is 11.1 Å². The molecule has 2 heterocycles. The lowest BCUT2D eigenvalue weighted by molar-refractivity contribution is -0.135. The first-order valence-electron chi connectivity index (χ1n) is 9.99. The number of nitrogens with one attached hydrogen (secondary N) is 1. The van der Waals surface area contributed by atoms with Crippen LogP contribution < -0.4 is 10.5 Å². The summed E-state index contributed by atoms with van der Waals surface area (Å²) in [5.41, 5.74) is 0.697. The third-order valence-electron chi connectivity index (χ3n) is 5.35. The Bertz CT molecular complexity index is 1050. The van der Waals surface area contributed by atoms with Crippen molar-refractivity contribution in [3.8, 4) is 0 Å². The molecule has 2 atom stereocenters. The molecule has 3 rings (SSSR count). The molecule has 1 aromatic heterocycles. The Hall–Kier alpha value is -2.13. The van der Waals surface area contributed by atoms with E-state index in [1.165, 1.54) is 22.8 Å². The van der Waals surface area contributed by atoms with Gasteiger partial charge in [0.15, 0.2) is 5.58 Å². The fourth-order valence-corrected chi connectivity index (χ4v) is 5.03. The molecule has 1 aliphatic rings. The fraction of sp³-hybridized carbons (Fsp3) is 0.600. The predicted octanol–water partition coefficient (Wildman–Crippen LogP) is 2.08. The highest BCUT2D eigenvalue weighted by atomic mass is 32.2. The highest BCUT2D eigenvalue weighted by Crippen LogP contribution is 2.21. The van der Waals surface area contributed by atoms with Crippen LogP contribution in [0.2, 0.25) is 0 Å². The van der Waals surface area contributed by atoms with Crippen molar-refractivity contribution in [1.82, 2.24) is 14.2 Å². The van der Waals surface area contributed by atoms with Gasteiger partial charge >= 0.3 is 5.76 Å². The topological polar surface area (TPSA) is 102 Å². The van der Waals surface area contributed by atoms with Crippen LogP contribution in [-0.4, -0.2) is 42.9 Å². The Morgan fingerprint density at radius 1 is 1.34 bits per heavy atom. The van der Waals surface area contributed by atoms with Gasteiger partial charge in [-0.25, -0.2) is 13.2 Å². The number of aromatic nitrogens is 1. The summed E-state index contributed by atoms with van der Waals surface area (Å²) in [6, 6.07) is 3.43. The Balaban J connectivity index is 1.87. The number of piperidine rings is 1. The largest absolute Gasteiger partial charge is 0.419 e. The van der Waals surface area contributed by atoms with Crippen molar-refractivity contribution in [2.24, 2.45) is 18.9 Å². The minimum Gasteiger partial charge on any atom is -0.408 e. The molecule has 0 bridgehead atoms. The highest BCUT2D eigenvalue weighted by molar-refractivity contribution is 7.89. The van der Waals surface area contributed by atoms with Crippen molar-refractivity contribution in [2.45, 2.75) is 51.0 Å². The molecule has 9 heteroatoms. The number of aryl methyl sites for hydroxylation is 1. The molecule has 1 aromatic carbocycles. The minimum absolute atomic E-state index is 0.0343. The van der Waals surface area contributed by atoms with E-state index in [1.54, 1.807) is 11.9 Å². The molecule has 2 unspecified atom stereocenters. The highest BCUT2D eigenvalue weighted by Gasteiger charge is 2.32. The van der Waals surface area contributed by atoms with Gasteiger partial charge in [-0.1, -0.05) is 20.8 Å². The number of benzene rings is 1. The minimum atomic E-state index is -3.97. The molecule has 1 saturated heterocycles. The molecule has 2 aromatic rings. The molecule has 1 fully saturated rings. The third kappa shape index (κ3) is 4.72. The molecule has 0 saturated carbocycles. The first-order valence-corrected chi connectivity index (χ1v) is 11.5. The maximum absolute atomic E-state index is 13.1. The molecule has 8 nitrogen and oxygen atoms in total. The number of likely N-dealkylation sites (tertiary alicyclic amines) is 1. The lowest BCUT2D eigenvalue weighted by Gasteiger charge is -2.34. The smallest absolute Gasteiger partial charge is 0.408 e. The van der Waals surface area contributed by atoms with Crippen molar-refractivity contribution in [1.29, 1.82) is 0 Å². The summed E-state index contributed by atoms with van der Waals surface area (Å²) in [5, 5.41) is 0. The Morgan fingerprint density at radius 3 is 2.72 bits per heavy atom.